The summed E-state index contributed by atoms with van der Waals surface area (Å²) in [7, 11) is 1.55. The van der Waals surface area contributed by atoms with Crippen molar-refractivity contribution in [3.05, 3.63) is 33.2 Å². The summed E-state index contributed by atoms with van der Waals surface area (Å²) in [5.74, 6) is 0. The van der Waals surface area contributed by atoms with E-state index in [-0.39, 0.29) is 23.8 Å². The molecule has 16 heavy (non-hydrogen) atoms. The van der Waals surface area contributed by atoms with E-state index in [1.54, 1.807) is 11.7 Å². The summed E-state index contributed by atoms with van der Waals surface area (Å²) in [5.41, 5.74) is 1.46. The van der Waals surface area contributed by atoms with Gasteiger partial charge in [-0.2, -0.15) is 5.26 Å². The van der Waals surface area contributed by atoms with Crippen molar-refractivity contribution in [2.24, 2.45) is 0 Å². The van der Waals surface area contributed by atoms with Crippen LogP contribution >= 0.6 is 0 Å². The molecule has 1 aromatic heterocycles. The van der Waals surface area contributed by atoms with Crippen molar-refractivity contribution >= 4 is 0 Å². The van der Waals surface area contributed by atoms with Crippen LogP contribution < -0.4 is 5.56 Å². The summed E-state index contributed by atoms with van der Waals surface area (Å²) in [6.07, 6.45) is 0. The van der Waals surface area contributed by atoms with Gasteiger partial charge in [-0.15, -0.1) is 0 Å². The summed E-state index contributed by atoms with van der Waals surface area (Å²) in [4.78, 5) is 12.0. The summed E-state index contributed by atoms with van der Waals surface area (Å²) < 4.78 is 6.60. The molecule has 0 atom stereocenters. The topological polar surface area (TPSA) is 55.0 Å². The maximum atomic E-state index is 12.0. The predicted molar refractivity (Wildman–Crippen MR) is 61.3 cm³/mol. The van der Waals surface area contributed by atoms with E-state index in [1.165, 1.54) is 0 Å². The Labute approximate surface area is 95.1 Å². The highest BCUT2D eigenvalue weighted by atomic mass is 16.5. The van der Waals surface area contributed by atoms with Crippen molar-refractivity contribution in [1.82, 2.24) is 4.57 Å². The molecule has 0 fully saturated rings. The first-order valence-corrected chi connectivity index (χ1v) is 5.17. The van der Waals surface area contributed by atoms with Crippen LogP contribution in [0.5, 0.6) is 0 Å². The van der Waals surface area contributed by atoms with Crippen LogP contribution in [0.1, 0.15) is 36.7 Å². The van der Waals surface area contributed by atoms with Crippen LogP contribution in [0.15, 0.2) is 10.9 Å². The van der Waals surface area contributed by atoms with Crippen molar-refractivity contribution in [3.63, 3.8) is 0 Å². The number of ether oxygens (including phenoxy) is 1. The zero-order valence-electron chi connectivity index (χ0n) is 10.1. The molecule has 1 rings (SSSR count). The second-order valence-electron chi connectivity index (χ2n) is 4.00. The molecule has 4 heteroatoms. The zero-order chi connectivity index (χ0) is 12.3. The lowest BCUT2D eigenvalue weighted by Gasteiger charge is -2.16. The third kappa shape index (κ3) is 2.15. The minimum absolute atomic E-state index is 0.0520. The van der Waals surface area contributed by atoms with Gasteiger partial charge in [0.2, 0.25) is 0 Å². The summed E-state index contributed by atoms with van der Waals surface area (Å²) in [6, 6.07) is 3.85. The highest BCUT2D eigenvalue weighted by molar-refractivity contribution is 5.37. The Morgan fingerprint density at radius 1 is 1.56 bits per heavy atom. The van der Waals surface area contributed by atoms with E-state index in [4.69, 9.17) is 10.00 Å². The number of aryl methyl sites for hydroxylation is 1. The highest BCUT2D eigenvalue weighted by Crippen LogP contribution is 2.12. The van der Waals surface area contributed by atoms with E-state index in [0.717, 1.165) is 5.69 Å². The third-order valence-corrected chi connectivity index (χ3v) is 2.44. The number of aromatic nitrogens is 1. The van der Waals surface area contributed by atoms with Gasteiger partial charge in [-0.25, -0.2) is 0 Å². The lowest BCUT2D eigenvalue weighted by Crippen LogP contribution is -2.27. The lowest BCUT2D eigenvalue weighted by molar-refractivity contribution is 0.184. The first kappa shape index (κ1) is 12.5. The number of nitriles is 1. The Morgan fingerprint density at radius 2 is 2.19 bits per heavy atom. The Hall–Kier alpha value is -1.60. The normalized spacial score (nSPS) is 10.5. The second kappa shape index (κ2) is 4.95. The zero-order valence-corrected chi connectivity index (χ0v) is 10.1. The molecule has 1 aromatic rings. The third-order valence-electron chi connectivity index (χ3n) is 2.44. The van der Waals surface area contributed by atoms with Crippen LogP contribution in [0.3, 0.4) is 0 Å². The van der Waals surface area contributed by atoms with Crippen molar-refractivity contribution in [2.75, 3.05) is 7.11 Å². The smallest absolute Gasteiger partial charge is 0.269 e. The van der Waals surface area contributed by atoms with Crippen LogP contribution in [0.2, 0.25) is 0 Å². The van der Waals surface area contributed by atoms with E-state index >= 15 is 0 Å². The van der Waals surface area contributed by atoms with E-state index in [1.807, 2.05) is 32.9 Å². The van der Waals surface area contributed by atoms with Crippen LogP contribution in [-0.4, -0.2) is 11.7 Å². The fourth-order valence-electron chi connectivity index (χ4n) is 1.84. The molecule has 0 aliphatic rings. The molecule has 0 saturated heterocycles. The summed E-state index contributed by atoms with van der Waals surface area (Å²) in [6.45, 7) is 6.00. The SMILES string of the molecule is COCc1cc(C)n(C(C)C)c(=O)c1C#N. The van der Waals surface area contributed by atoms with Gasteiger partial charge in [-0.1, -0.05) is 0 Å². The molecule has 0 bridgehead atoms. The van der Waals surface area contributed by atoms with E-state index in [0.29, 0.717) is 5.56 Å². The molecule has 0 aliphatic heterocycles. The number of methoxy groups -OCH3 is 1. The number of pyridine rings is 1. The van der Waals surface area contributed by atoms with Crippen molar-refractivity contribution in [1.29, 1.82) is 5.26 Å². The first-order chi connectivity index (χ1) is 7.52. The van der Waals surface area contributed by atoms with E-state index in [2.05, 4.69) is 0 Å². The minimum atomic E-state index is -0.232. The molecule has 1 heterocycles. The fraction of sp³-hybridized carbons (Fsp3) is 0.500. The molecular formula is C12H16N2O2. The van der Waals surface area contributed by atoms with Gasteiger partial charge in [0.15, 0.2) is 0 Å². The number of rotatable bonds is 3. The quantitative estimate of drug-likeness (QED) is 0.779. The van der Waals surface area contributed by atoms with Gasteiger partial charge in [0.1, 0.15) is 11.6 Å². The van der Waals surface area contributed by atoms with Crippen molar-refractivity contribution < 1.29 is 4.74 Å². The van der Waals surface area contributed by atoms with Gasteiger partial charge in [0, 0.05) is 24.4 Å². The molecule has 4 nitrogen and oxygen atoms in total. The molecule has 0 spiro atoms. The van der Waals surface area contributed by atoms with Crippen molar-refractivity contribution in [3.8, 4) is 6.07 Å². The molecule has 86 valence electrons. The largest absolute Gasteiger partial charge is 0.380 e. The molecule has 0 aromatic carbocycles. The highest BCUT2D eigenvalue weighted by Gasteiger charge is 2.13. The van der Waals surface area contributed by atoms with Gasteiger partial charge in [0.05, 0.1) is 6.61 Å². The molecular weight excluding hydrogens is 204 g/mol. The maximum Gasteiger partial charge on any atom is 0.269 e. The average Bonchev–Trinajstić information content (AvgIpc) is 2.17. The molecule has 0 amide bonds. The van der Waals surface area contributed by atoms with Crippen LogP contribution in [-0.2, 0) is 11.3 Å². The number of hydrogen-bond donors (Lipinski definition) is 0. The van der Waals surface area contributed by atoms with Gasteiger partial charge >= 0.3 is 0 Å². The monoisotopic (exact) mass is 220 g/mol. The van der Waals surface area contributed by atoms with Gasteiger partial charge in [-0.05, 0) is 26.8 Å². The maximum absolute atomic E-state index is 12.0. The van der Waals surface area contributed by atoms with Crippen LogP contribution in [0.25, 0.3) is 0 Å². The van der Waals surface area contributed by atoms with E-state index in [9.17, 15) is 4.79 Å². The van der Waals surface area contributed by atoms with E-state index < -0.39 is 0 Å². The predicted octanol–water partition coefficient (Wildman–Crippen LogP) is 1.76. The first-order valence-electron chi connectivity index (χ1n) is 5.17. The summed E-state index contributed by atoms with van der Waals surface area (Å²) >= 11 is 0. The molecule has 0 saturated carbocycles. The summed E-state index contributed by atoms with van der Waals surface area (Å²) in [5, 5.41) is 9.00. The van der Waals surface area contributed by atoms with Gasteiger partial charge < -0.3 is 9.30 Å². The molecule has 0 aliphatic carbocycles. The molecule has 0 radical (unpaired) electrons. The average molecular weight is 220 g/mol. The molecule has 0 N–H and O–H groups in total. The Bertz CT molecular complexity index is 481. The second-order valence-corrected chi connectivity index (χ2v) is 4.00. The van der Waals surface area contributed by atoms with Crippen LogP contribution in [0.4, 0.5) is 0 Å². The molecule has 0 unspecified atom stereocenters. The standard InChI is InChI=1S/C12H16N2O2/c1-8(2)14-9(3)5-10(7-16-4)11(6-13)12(14)15/h5,8H,7H2,1-4H3. The van der Waals surface area contributed by atoms with Crippen molar-refractivity contribution in [2.45, 2.75) is 33.4 Å². The fourth-order valence-corrected chi connectivity index (χ4v) is 1.84. The minimum Gasteiger partial charge on any atom is -0.380 e. The van der Waals surface area contributed by atoms with Gasteiger partial charge in [0.25, 0.3) is 5.56 Å². The lowest BCUT2D eigenvalue weighted by atomic mass is 10.1. The van der Waals surface area contributed by atoms with Crippen LogP contribution in [0, 0.1) is 18.3 Å². The Morgan fingerprint density at radius 3 is 2.62 bits per heavy atom. The van der Waals surface area contributed by atoms with Gasteiger partial charge in [-0.3, -0.25) is 4.79 Å². The Balaban J connectivity index is 3.52. The number of nitrogens with zero attached hydrogens (tertiary/aromatic N) is 2. The Kier molecular flexibility index (Phi) is 3.86. The number of hydrogen-bond acceptors (Lipinski definition) is 3.